The molecule has 0 amide bonds. The Labute approximate surface area is 165 Å². The fourth-order valence-corrected chi connectivity index (χ4v) is 5.73. The zero-order chi connectivity index (χ0) is 19.9. The van der Waals surface area contributed by atoms with Crippen LogP contribution in [0.2, 0.25) is 0 Å². The highest BCUT2D eigenvalue weighted by molar-refractivity contribution is 7.91. The van der Waals surface area contributed by atoms with E-state index in [1.165, 1.54) is 11.1 Å². The maximum atomic E-state index is 11.6. The highest BCUT2D eigenvalue weighted by Crippen LogP contribution is 2.38. The lowest BCUT2D eigenvalue weighted by Crippen LogP contribution is -2.30. The van der Waals surface area contributed by atoms with Gasteiger partial charge in [-0.2, -0.15) is 0 Å². The van der Waals surface area contributed by atoms with Crippen molar-refractivity contribution in [3.8, 4) is 16.9 Å². The van der Waals surface area contributed by atoms with Crippen LogP contribution in [0, 0.1) is 6.92 Å². The van der Waals surface area contributed by atoms with Crippen LogP contribution in [-0.2, 0) is 22.7 Å². The van der Waals surface area contributed by atoms with E-state index in [0.717, 1.165) is 41.7 Å². The number of carbonyl (C=O) groups is 1. The van der Waals surface area contributed by atoms with Crippen molar-refractivity contribution < 1.29 is 23.1 Å². The number of hydrogen-bond acceptors (Lipinski definition) is 4. The third-order valence-electron chi connectivity index (χ3n) is 5.71. The van der Waals surface area contributed by atoms with Crippen molar-refractivity contribution in [1.82, 2.24) is 0 Å². The molecule has 0 atom stereocenters. The minimum Gasteiger partial charge on any atom is -0.490 e. The predicted octanol–water partition coefficient (Wildman–Crippen LogP) is 3.80. The van der Waals surface area contributed by atoms with E-state index in [1.54, 1.807) is 12.1 Å². The van der Waals surface area contributed by atoms with E-state index in [0.29, 0.717) is 18.4 Å². The van der Waals surface area contributed by atoms with E-state index < -0.39 is 15.8 Å². The molecule has 28 heavy (non-hydrogen) atoms. The second-order valence-corrected chi connectivity index (χ2v) is 10.1. The Morgan fingerprint density at radius 1 is 1.07 bits per heavy atom. The maximum Gasteiger partial charge on any atom is 0.335 e. The second-order valence-electron chi connectivity index (χ2n) is 7.77. The molecule has 1 aliphatic heterocycles. The summed E-state index contributed by atoms with van der Waals surface area (Å²) >= 11 is 0. The standard InChI is InChI=1S/C22H24O5S/c1-14-11-19(27-18-7-9-28(25,26)10-8-18)12-16-4-2-3-15-5-6-17(22(23)24)13-20(15)21(14)16/h5-6,11-13,18H,2-4,7-10H2,1H3,(H,23,24). The van der Waals surface area contributed by atoms with E-state index >= 15 is 0 Å². The monoisotopic (exact) mass is 400 g/mol. The quantitative estimate of drug-likeness (QED) is 0.847. The number of ether oxygens (including phenoxy) is 1. The van der Waals surface area contributed by atoms with Gasteiger partial charge in [-0.3, -0.25) is 0 Å². The van der Waals surface area contributed by atoms with Gasteiger partial charge in [0, 0.05) is 0 Å². The number of fused-ring (bicyclic) bond motifs is 3. The Morgan fingerprint density at radius 2 is 1.79 bits per heavy atom. The molecule has 5 nitrogen and oxygen atoms in total. The highest BCUT2D eigenvalue weighted by Gasteiger charge is 2.26. The zero-order valence-corrected chi connectivity index (χ0v) is 16.7. The molecule has 2 aromatic rings. The minimum absolute atomic E-state index is 0.0716. The van der Waals surface area contributed by atoms with Crippen LogP contribution >= 0.6 is 0 Å². The van der Waals surface area contributed by atoms with E-state index in [4.69, 9.17) is 4.74 Å². The average Bonchev–Trinajstić information content (AvgIpc) is 2.82. The van der Waals surface area contributed by atoms with Crippen molar-refractivity contribution in [2.45, 2.75) is 45.1 Å². The third kappa shape index (κ3) is 3.78. The van der Waals surface area contributed by atoms with Gasteiger partial charge in [0.15, 0.2) is 9.84 Å². The van der Waals surface area contributed by atoms with E-state index in [-0.39, 0.29) is 17.6 Å². The summed E-state index contributed by atoms with van der Waals surface area (Å²) in [6.07, 6.45) is 3.81. The molecule has 2 aliphatic rings. The first kappa shape index (κ1) is 19.0. The molecule has 0 bridgehead atoms. The Kier molecular flexibility index (Phi) is 4.91. The molecule has 1 fully saturated rings. The molecule has 1 N–H and O–H groups in total. The second kappa shape index (κ2) is 7.24. The first-order valence-corrected chi connectivity index (χ1v) is 11.5. The van der Waals surface area contributed by atoms with E-state index in [1.807, 2.05) is 25.1 Å². The molecule has 1 aliphatic carbocycles. The van der Waals surface area contributed by atoms with Gasteiger partial charge in [-0.1, -0.05) is 6.07 Å². The minimum atomic E-state index is -2.91. The van der Waals surface area contributed by atoms with Gasteiger partial charge in [-0.15, -0.1) is 0 Å². The lowest BCUT2D eigenvalue weighted by Gasteiger charge is -2.24. The van der Waals surface area contributed by atoms with E-state index in [2.05, 4.69) is 0 Å². The summed E-state index contributed by atoms with van der Waals surface area (Å²) in [7, 11) is -2.91. The van der Waals surface area contributed by atoms with Crippen LogP contribution in [-0.4, -0.2) is 37.1 Å². The summed E-state index contributed by atoms with van der Waals surface area (Å²) in [5.74, 6) is 0.233. The van der Waals surface area contributed by atoms with Crippen molar-refractivity contribution in [2.24, 2.45) is 0 Å². The molecule has 2 aromatic carbocycles. The number of hydrogen-bond donors (Lipinski definition) is 1. The Morgan fingerprint density at radius 3 is 2.50 bits per heavy atom. The van der Waals surface area contributed by atoms with Crippen LogP contribution in [0.15, 0.2) is 30.3 Å². The van der Waals surface area contributed by atoms with Gasteiger partial charge in [0.05, 0.1) is 17.1 Å². The summed E-state index contributed by atoms with van der Waals surface area (Å²) in [6, 6.07) is 9.43. The summed E-state index contributed by atoms with van der Waals surface area (Å²) in [4.78, 5) is 11.4. The topological polar surface area (TPSA) is 80.7 Å². The molecular weight excluding hydrogens is 376 g/mol. The fourth-order valence-electron chi connectivity index (χ4n) is 4.28. The first-order chi connectivity index (χ1) is 13.3. The number of rotatable bonds is 3. The number of carboxylic acids is 1. The molecule has 148 valence electrons. The van der Waals surface area contributed by atoms with Gasteiger partial charge < -0.3 is 9.84 Å². The Hall–Kier alpha value is -2.34. The number of benzene rings is 2. The zero-order valence-electron chi connectivity index (χ0n) is 15.9. The number of carboxylic acid groups (broad SMARTS) is 1. The molecule has 0 unspecified atom stereocenters. The molecule has 4 rings (SSSR count). The van der Waals surface area contributed by atoms with Gasteiger partial charge in [-0.05, 0) is 91.1 Å². The van der Waals surface area contributed by atoms with Gasteiger partial charge in [-0.25, -0.2) is 13.2 Å². The Bertz CT molecular complexity index is 1030. The van der Waals surface area contributed by atoms with Crippen LogP contribution in [0.5, 0.6) is 5.75 Å². The van der Waals surface area contributed by atoms with Gasteiger partial charge in [0.1, 0.15) is 11.9 Å². The Balaban J connectivity index is 1.68. The maximum absolute atomic E-state index is 11.6. The summed E-state index contributed by atoms with van der Waals surface area (Å²) in [5.41, 5.74) is 5.81. The number of aryl methyl sites for hydroxylation is 3. The predicted molar refractivity (Wildman–Crippen MR) is 108 cm³/mol. The van der Waals surface area contributed by atoms with E-state index in [9.17, 15) is 18.3 Å². The summed E-state index contributed by atoms with van der Waals surface area (Å²) in [5, 5.41) is 9.37. The van der Waals surface area contributed by atoms with Crippen LogP contribution in [0.1, 0.15) is 46.3 Å². The SMILES string of the molecule is Cc1cc(OC2CCS(=O)(=O)CC2)cc2c1-c1cc(C(=O)O)ccc1CCC2. The van der Waals surface area contributed by atoms with Crippen molar-refractivity contribution in [3.05, 3.63) is 52.6 Å². The number of aromatic carboxylic acids is 1. The lowest BCUT2D eigenvalue weighted by atomic mass is 9.91. The van der Waals surface area contributed by atoms with Crippen LogP contribution in [0.25, 0.3) is 11.1 Å². The summed E-state index contributed by atoms with van der Waals surface area (Å²) < 4.78 is 29.4. The van der Waals surface area contributed by atoms with Crippen LogP contribution in [0.4, 0.5) is 0 Å². The smallest absolute Gasteiger partial charge is 0.335 e. The molecule has 0 spiro atoms. The normalized spacial score (nSPS) is 18.6. The molecule has 0 aromatic heterocycles. The van der Waals surface area contributed by atoms with Crippen molar-refractivity contribution in [2.75, 3.05) is 11.5 Å². The van der Waals surface area contributed by atoms with Gasteiger partial charge in [0.25, 0.3) is 0 Å². The van der Waals surface area contributed by atoms with Crippen molar-refractivity contribution >= 4 is 15.8 Å². The molecule has 6 heteroatoms. The van der Waals surface area contributed by atoms with Gasteiger partial charge >= 0.3 is 5.97 Å². The van der Waals surface area contributed by atoms with Crippen molar-refractivity contribution in [3.63, 3.8) is 0 Å². The van der Waals surface area contributed by atoms with Crippen LogP contribution in [0.3, 0.4) is 0 Å². The number of sulfone groups is 1. The fraction of sp³-hybridized carbons (Fsp3) is 0.409. The van der Waals surface area contributed by atoms with Gasteiger partial charge in [0.2, 0.25) is 0 Å². The first-order valence-electron chi connectivity index (χ1n) is 9.69. The van der Waals surface area contributed by atoms with Crippen LogP contribution < -0.4 is 4.74 Å². The molecular formula is C22H24O5S. The molecule has 0 radical (unpaired) electrons. The summed E-state index contributed by atoms with van der Waals surface area (Å²) in [6.45, 7) is 2.03. The largest absolute Gasteiger partial charge is 0.490 e. The van der Waals surface area contributed by atoms with Crippen molar-refractivity contribution in [1.29, 1.82) is 0 Å². The molecule has 0 saturated carbocycles. The lowest BCUT2D eigenvalue weighted by molar-refractivity contribution is 0.0697. The third-order valence-corrected chi connectivity index (χ3v) is 7.43. The molecule has 1 saturated heterocycles. The average molecular weight is 400 g/mol. The highest BCUT2D eigenvalue weighted by atomic mass is 32.2. The molecule has 1 heterocycles.